The third-order valence-corrected chi connectivity index (χ3v) is 6.66. The fourth-order valence-corrected chi connectivity index (χ4v) is 5.23. The Morgan fingerprint density at radius 3 is 2.75 bits per heavy atom. The third-order valence-electron chi connectivity index (χ3n) is 5.84. The molecule has 2 aromatic heterocycles. The molecule has 1 saturated heterocycles. The van der Waals surface area contributed by atoms with Crippen LogP contribution >= 0.6 is 11.3 Å². The number of rotatable bonds is 4. The molecule has 5 rings (SSSR count). The number of aryl methyl sites for hydroxylation is 2. The summed E-state index contributed by atoms with van der Waals surface area (Å²) in [6.07, 6.45) is 2.06. The first-order chi connectivity index (χ1) is 13.6. The first-order valence-electron chi connectivity index (χ1n) is 9.75. The highest BCUT2D eigenvalue weighted by Crippen LogP contribution is 2.35. The average molecular weight is 393 g/mol. The zero-order valence-electron chi connectivity index (χ0n) is 16.2. The van der Waals surface area contributed by atoms with E-state index in [1.54, 1.807) is 11.3 Å². The molecule has 0 radical (unpaired) electrons. The monoisotopic (exact) mass is 392 g/mol. The summed E-state index contributed by atoms with van der Waals surface area (Å²) in [5, 5.41) is 3.12. The van der Waals surface area contributed by atoms with Crippen molar-refractivity contribution in [2.24, 2.45) is 0 Å². The quantitative estimate of drug-likeness (QED) is 0.681. The number of amides is 1. The van der Waals surface area contributed by atoms with Crippen LogP contribution in [0.2, 0.25) is 0 Å². The Bertz CT molecular complexity index is 1020. The van der Waals surface area contributed by atoms with Crippen molar-refractivity contribution < 1.29 is 4.79 Å². The number of likely N-dealkylation sites (tertiary alicyclic amines) is 1. The van der Waals surface area contributed by atoms with E-state index in [-0.39, 0.29) is 11.9 Å². The molecule has 0 bridgehead atoms. The second-order valence-electron chi connectivity index (χ2n) is 7.91. The summed E-state index contributed by atoms with van der Waals surface area (Å²) < 4.78 is 2.19. The molecular formula is C22H24N4OS. The van der Waals surface area contributed by atoms with Crippen molar-refractivity contribution in [2.75, 3.05) is 13.1 Å². The number of carbonyl (C=O) groups is 1. The maximum absolute atomic E-state index is 13.2. The molecule has 0 N–H and O–H groups in total. The van der Waals surface area contributed by atoms with Crippen molar-refractivity contribution in [1.29, 1.82) is 0 Å². The number of fused-ring (bicyclic) bond motifs is 3. The molecular weight excluding hydrogens is 368 g/mol. The molecule has 144 valence electrons. The van der Waals surface area contributed by atoms with Gasteiger partial charge in [-0.1, -0.05) is 29.8 Å². The molecule has 0 aliphatic carbocycles. The molecule has 28 heavy (non-hydrogen) atoms. The predicted molar refractivity (Wildman–Crippen MR) is 110 cm³/mol. The highest BCUT2D eigenvalue weighted by atomic mass is 32.1. The summed E-state index contributed by atoms with van der Waals surface area (Å²) >= 11 is 1.65. The Labute approximate surface area is 169 Å². The third kappa shape index (κ3) is 3.06. The van der Waals surface area contributed by atoms with Gasteiger partial charge >= 0.3 is 0 Å². The van der Waals surface area contributed by atoms with Crippen molar-refractivity contribution in [2.45, 2.75) is 39.0 Å². The number of benzene rings is 1. The van der Waals surface area contributed by atoms with Crippen molar-refractivity contribution in [3.05, 3.63) is 75.5 Å². The number of carbonyl (C=O) groups excluding carboxylic acids is 1. The maximum Gasteiger partial charge on any atom is 0.271 e. The van der Waals surface area contributed by atoms with E-state index >= 15 is 0 Å². The Hall–Kier alpha value is -2.44. The minimum Gasteiger partial charge on any atom is -0.337 e. The molecule has 0 unspecified atom stereocenters. The van der Waals surface area contributed by atoms with Crippen molar-refractivity contribution in [3.63, 3.8) is 0 Å². The van der Waals surface area contributed by atoms with Crippen LogP contribution in [0.25, 0.3) is 0 Å². The number of aromatic nitrogens is 2. The molecule has 6 heteroatoms. The van der Waals surface area contributed by atoms with Gasteiger partial charge in [0.2, 0.25) is 0 Å². The fraction of sp³-hybridized carbons (Fsp3) is 0.364. The Morgan fingerprint density at radius 1 is 1.11 bits per heavy atom. The summed E-state index contributed by atoms with van der Waals surface area (Å²) in [5.41, 5.74) is 4.41. The van der Waals surface area contributed by atoms with E-state index in [4.69, 9.17) is 0 Å². The normalized spacial score (nSPS) is 21.8. The molecule has 1 aromatic carbocycles. The van der Waals surface area contributed by atoms with Crippen LogP contribution in [0.4, 0.5) is 0 Å². The molecule has 4 heterocycles. The van der Waals surface area contributed by atoms with Crippen LogP contribution in [0.15, 0.2) is 48.0 Å². The standard InChI is InChI=1S/C22H24N4OS/c1-15-5-3-6-17(9-15)10-24-12-20-21(13-24)26(11-18-14-28-16(2)23-18)22(27)19-7-4-8-25(19)20/h3-9,14,20-21H,10-13H2,1-2H3/t20-,21+/m1/s1. The van der Waals surface area contributed by atoms with Gasteiger partial charge in [0.15, 0.2) is 0 Å². The van der Waals surface area contributed by atoms with Crippen LogP contribution in [0, 0.1) is 13.8 Å². The van der Waals surface area contributed by atoms with Gasteiger partial charge in [-0.05, 0) is 31.5 Å². The van der Waals surface area contributed by atoms with E-state index in [0.717, 1.165) is 36.0 Å². The second kappa shape index (κ2) is 6.87. The Morgan fingerprint density at radius 2 is 1.96 bits per heavy atom. The van der Waals surface area contributed by atoms with Gasteiger partial charge in [-0.3, -0.25) is 9.69 Å². The number of hydrogen-bond donors (Lipinski definition) is 0. The lowest BCUT2D eigenvalue weighted by Gasteiger charge is -2.38. The molecule has 2 aliphatic heterocycles. The topological polar surface area (TPSA) is 41.4 Å². The summed E-state index contributed by atoms with van der Waals surface area (Å²) in [5.74, 6) is 0.120. The number of nitrogens with zero attached hydrogens (tertiary/aromatic N) is 4. The van der Waals surface area contributed by atoms with Crippen LogP contribution in [0.3, 0.4) is 0 Å². The van der Waals surface area contributed by atoms with Crippen LogP contribution in [-0.2, 0) is 13.1 Å². The van der Waals surface area contributed by atoms with E-state index < -0.39 is 0 Å². The lowest BCUT2D eigenvalue weighted by Crippen LogP contribution is -2.49. The van der Waals surface area contributed by atoms with Gasteiger partial charge < -0.3 is 9.47 Å². The molecule has 3 aromatic rings. The highest BCUT2D eigenvalue weighted by Gasteiger charge is 2.44. The van der Waals surface area contributed by atoms with E-state index in [0.29, 0.717) is 12.6 Å². The van der Waals surface area contributed by atoms with Gasteiger partial charge in [-0.25, -0.2) is 4.98 Å². The van der Waals surface area contributed by atoms with Crippen LogP contribution in [0.1, 0.15) is 38.4 Å². The first kappa shape index (κ1) is 17.6. The summed E-state index contributed by atoms with van der Waals surface area (Å²) in [7, 11) is 0. The Kier molecular flexibility index (Phi) is 4.33. The molecule has 0 spiro atoms. The SMILES string of the molecule is Cc1cccc(CN2C[C@@H]3[C@H](C2)N(Cc2csc(C)n2)C(=O)c2cccn23)c1. The largest absolute Gasteiger partial charge is 0.337 e. The van der Waals surface area contributed by atoms with E-state index in [1.807, 2.05) is 24.0 Å². The summed E-state index contributed by atoms with van der Waals surface area (Å²) in [4.78, 5) is 22.3. The zero-order valence-corrected chi connectivity index (χ0v) is 17.0. The molecule has 2 aliphatic rings. The van der Waals surface area contributed by atoms with Crippen molar-refractivity contribution in [3.8, 4) is 0 Å². The molecule has 1 amide bonds. The summed E-state index contributed by atoms with van der Waals surface area (Å²) in [6, 6.07) is 13.1. The average Bonchev–Trinajstić information content (AvgIpc) is 3.38. The molecule has 0 saturated carbocycles. The second-order valence-corrected chi connectivity index (χ2v) is 8.97. The van der Waals surface area contributed by atoms with Crippen LogP contribution in [0.5, 0.6) is 0 Å². The van der Waals surface area contributed by atoms with Gasteiger partial charge in [-0.15, -0.1) is 11.3 Å². The minimum atomic E-state index is 0.120. The molecule has 2 atom stereocenters. The first-order valence-corrected chi connectivity index (χ1v) is 10.6. The van der Waals surface area contributed by atoms with E-state index in [1.165, 1.54) is 11.1 Å². The van der Waals surface area contributed by atoms with E-state index in [2.05, 4.69) is 57.2 Å². The van der Waals surface area contributed by atoms with Crippen LogP contribution < -0.4 is 0 Å². The fourth-order valence-electron chi connectivity index (χ4n) is 4.63. The summed E-state index contributed by atoms with van der Waals surface area (Å²) in [6.45, 7) is 7.51. The number of thiazole rings is 1. The van der Waals surface area contributed by atoms with Gasteiger partial charge in [0.1, 0.15) is 5.69 Å². The molecule has 1 fully saturated rings. The van der Waals surface area contributed by atoms with Gasteiger partial charge in [-0.2, -0.15) is 0 Å². The van der Waals surface area contributed by atoms with Crippen molar-refractivity contribution >= 4 is 17.2 Å². The Balaban J connectivity index is 1.43. The van der Waals surface area contributed by atoms with Gasteiger partial charge in [0, 0.05) is 31.2 Å². The minimum absolute atomic E-state index is 0.120. The zero-order chi connectivity index (χ0) is 19.3. The van der Waals surface area contributed by atoms with Crippen LogP contribution in [-0.4, -0.2) is 44.4 Å². The molecule has 5 nitrogen and oxygen atoms in total. The predicted octanol–water partition coefficient (Wildman–Crippen LogP) is 3.64. The lowest BCUT2D eigenvalue weighted by atomic mass is 10.1. The number of hydrogen-bond acceptors (Lipinski definition) is 4. The van der Waals surface area contributed by atoms with E-state index in [9.17, 15) is 4.79 Å². The highest BCUT2D eigenvalue weighted by molar-refractivity contribution is 7.09. The van der Waals surface area contributed by atoms with Gasteiger partial charge in [0.25, 0.3) is 5.91 Å². The lowest BCUT2D eigenvalue weighted by molar-refractivity contribution is 0.0553. The maximum atomic E-state index is 13.2. The smallest absolute Gasteiger partial charge is 0.271 e. The van der Waals surface area contributed by atoms with Crippen molar-refractivity contribution in [1.82, 2.24) is 19.4 Å². The van der Waals surface area contributed by atoms with Gasteiger partial charge in [0.05, 0.1) is 29.3 Å².